The molecule has 2 aliphatic carbocycles. The minimum Gasteiger partial charge on any atom is -0.349 e. The van der Waals surface area contributed by atoms with E-state index in [1.54, 1.807) is 0 Å². The average molecular weight is 208 g/mol. The van der Waals surface area contributed by atoms with Gasteiger partial charge in [0.1, 0.15) is 0 Å². The fourth-order valence-electron chi connectivity index (χ4n) is 3.21. The number of hydrogen-bond donors (Lipinski definition) is 2. The van der Waals surface area contributed by atoms with Gasteiger partial charge in [0.2, 0.25) is 5.91 Å². The molecule has 0 aromatic rings. The van der Waals surface area contributed by atoms with Crippen LogP contribution in [-0.2, 0) is 4.79 Å². The SMILES string of the molecule is O=C(NC12CCCCC1NCC2)C1CC1. The molecule has 2 saturated carbocycles. The van der Waals surface area contributed by atoms with Crippen LogP contribution in [0.1, 0.15) is 44.9 Å². The lowest BCUT2D eigenvalue weighted by molar-refractivity contribution is -0.124. The van der Waals surface area contributed by atoms with Crippen LogP contribution in [0.3, 0.4) is 0 Å². The summed E-state index contributed by atoms with van der Waals surface area (Å²) in [5.74, 6) is 0.674. The van der Waals surface area contributed by atoms with Crippen molar-refractivity contribution in [1.82, 2.24) is 10.6 Å². The molecule has 0 aromatic heterocycles. The molecule has 1 saturated heterocycles. The van der Waals surface area contributed by atoms with Crippen molar-refractivity contribution < 1.29 is 4.79 Å². The maximum Gasteiger partial charge on any atom is 0.223 e. The minimum atomic E-state index is 0.123. The molecule has 15 heavy (non-hydrogen) atoms. The van der Waals surface area contributed by atoms with Gasteiger partial charge in [-0.05, 0) is 38.6 Å². The summed E-state index contributed by atoms with van der Waals surface area (Å²) in [7, 11) is 0. The van der Waals surface area contributed by atoms with Gasteiger partial charge in [-0.1, -0.05) is 12.8 Å². The number of fused-ring (bicyclic) bond motifs is 1. The highest BCUT2D eigenvalue weighted by Gasteiger charge is 2.46. The second kappa shape index (κ2) is 3.48. The molecule has 1 amide bonds. The Morgan fingerprint density at radius 3 is 2.87 bits per heavy atom. The van der Waals surface area contributed by atoms with Gasteiger partial charge in [-0.25, -0.2) is 0 Å². The van der Waals surface area contributed by atoms with E-state index < -0.39 is 0 Å². The predicted octanol–water partition coefficient (Wildman–Crippen LogP) is 1.19. The van der Waals surface area contributed by atoms with Gasteiger partial charge < -0.3 is 10.6 Å². The van der Waals surface area contributed by atoms with Crippen LogP contribution in [0.2, 0.25) is 0 Å². The molecule has 3 fully saturated rings. The van der Waals surface area contributed by atoms with Gasteiger partial charge >= 0.3 is 0 Å². The van der Waals surface area contributed by atoms with Crippen LogP contribution in [0.25, 0.3) is 0 Å². The fourth-order valence-corrected chi connectivity index (χ4v) is 3.21. The molecule has 3 aliphatic rings. The Balaban J connectivity index is 1.71. The summed E-state index contributed by atoms with van der Waals surface area (Å²) in [5.41, 5.74) is 0.123. The molecule has 3 heteroatoms. The maximum atomic E-state index is 11.9. The third kappa shape index (κ3) is 1.67. The average Bonchev–Trinajstić information content (AvgIpc) is 2.99. The van der Waals surface area contributed by atoms with Crippen LogP contribution < -0.4 is 10.6 Å². The largest absolute Gasteiger partial charge is 0.349 e. The molecule has 3 rings (SSSR count). The molecule has 1 aliphatic heterocycles. The molecule has 0 spiro atoms. The van der Waals surface area contributed by atoms with E-state index in [4.69, 9.17) is 0 Å². The van der Waals surface area contributed by atoms with Gasteiger partial charge in [0, 0.05) is 12.0 Å². The summed E-state index contributed by atoms with van der Waals surface area (Å²) in [4.78, 5) is 11.9. The highest BCUT2D eigenvalue weighted by molar-refractivity contribution is 5.81. The second-order valence-corrected chi connectivity index (χ2v) is 5.42. The van der Waals surface area contributed by atoms with E-state index in [0.717, 1.165) is 25.8 Å². The van der Waals surface area contributed by atoms with E-state index in [0.29, 0.717) is 17.9 Å². The standard InChI is InChI=1S/C12H20N2O/c15-11(9-4-5-9)14-12-6-2-1-3-10(12)13-8-7-12/h9-10,13H,1-8H2,(H,14,15). The normalized spacial score (nSPS) is 39.9. The summed E-state index contributed by atoms with van der Waals surface area (Å²) in [5, 5.41) is 6.90. The van der Waals surface area contributed by atoms with Gasteiger partial charge in [-0.15, -0.1) is 0 Å². The van der Waals surface area contributed by atoms with E-state index in [9.17, 15) is 4.79 Å². The quantitative estimate of drug-likeness (QED) is 0.715. The molecular weight excluding hydrogens is 188 g/mol. The summed E-state index contributed by atoms with van der Waals surface area (Å²) in [6.45, 7) is 1.08. The smallest absolute Gasteiger partial charge is 0.223 e. The van der Waals surface area contributed by atoms with Crippen molar-refractivity contribution in [2.24, 2.45) is 5.92 Å². The molecular formula is C12H20N2O. The minimum absolute atomic E-state index is 0.123. The van der Waals surface area contributed by atoms with Crippen molar-refractivity contribution >= 4 is 5.91 Å². The van der Waals surface area contributed by atoms with Crippen LogP contribution in [0.5, 0.6) is 0 Å². The number of carbonyl (C=O) groups excluding carboxylic acids is 1. The number of nitrogens with one attached hydrogen (secondary N) is 2. The van der Waals surface area contributed by atoms with Gasteiger partial charge in [-0.3, -0.25) is 4.79 Å². The van der Waals surface area contributed by atoms with Gasteiger partial charge in [0.25, 0.3) is 0 Å². The van der Waals surface area contributed by atoms with Crippen LogP contribution in [-0.4, -0.2) is 24.0 Å². The maximum absolute atomic E-state index is 11.9. The Labute approximate surface area is 91.0 Å². The summed E-state index contributed by atoms with van der Waals surface area (Å²) >= 11 is 0. The lowest BCUT2D eigenvalue weighted by atomic mass is 9.78. The zero-order valence-electron chi connectivity index (χ0n) is 9.22. The zero-order valence-corrected chi connectivity index (χ0v) is 9.22. The number of hydrogen-bond acceptors (Lipinski definition) is 2. The highest BCUT2D eigenvalue weighted by atomic mass is 16.2. The first-order valence-electron chi connectivity index (χ1n) is 6.36. The van der Waals surface area contributed by atoms with E-state index in [1.165, 1.54) is 25.7 Å². The molecule has 1 heterocycles. The molecule has 0 bridgehead atoms. The molecule has 3 nitrogen and oxygen atoms in total. The number of amides is 1. The lowest BCUT2D eigenvalue weighted by Gasteiger charge is -2.39. The van der Waals surface area contributed by atoms with Crippen molar-refractivity contribution in [3.63, 3.8) is 0 Å². The Bertz CT molecular complexity index is 275. The Morgan fingerprint density at radius 1 is 1.20 bits per heavy atom. The van der Waals surface area contributed by atoms with E-state index in [-0.39, 0.29) is 5.54 Å². The monoisotopic (exact) mass is 208 g/mol. The Morgan fingerprint density at radius 2 is 2.07 bits per heavy atom. The lowest BCUT2D eigenvalue weighted by Crippen LogP contribution is -2.57. The molecule has 84 valence electrons. The molecule has 2 N–H and O–H groups in total. The third-order valence-corrected chi connectivity index (χ3v) is 4.31. The van der Waals surface area contributed by atoms with Crippen molar-refractivity contribution in [2.75, 3.05) is 6.54 Å². The highest BCUT2D eigenvalue weighted by Crippen LogP contribution is 2.37. The van der Waals surface area contributed by atoms with Crippen molar-refractivity contribution in [3.05, 3.63) is 0 Å². The number of carbonyl (C=O) groups is 1. The molecule has 2 unspecified atom stereocenters. The molecule has 2 atom stereocenters. The first-order chi connectivity index (χ1) is 7.30. The van der Waals surface area contributed by atoms with Crippen LogP contribution in [0.15, 0.2) is 0 Å². The summed E-state index contributed by atoms with van der Waals surface area (Å²) in [6.07, 6.45) is 8.38. The summed E-state index contributed by atoms with van der Waals surface area (Å²) < 4.78 is 0. The van der Waals surface area contributed by atoms with Gasteiger partial charge in [0.15, 0.2) is 0 Å². The van der Waals surface area contributed by atoms with Crippen LogP contribution in [0.4, 0.5) is 0 Å². The Kier molecular flexibility index (Phi) is 2.23. The topological polar surface area (TPSA) is 41.1 Å². The van der Waals surface area contributed by atoms with Gasteiger partial charge in [0.05, 0.1) is 5.54 Å². The van der Waals surface area contributed by atoms with Crippen molar-refractivity contribution in [3.8, 4) is 0 Å². The predicted molar refractivity (Wildman–Crippen MR) is 58.5 cm³/mol. The van der Waals surface area contributed by atoms with Crippen molar-refractivity contribution in [1.29, 1.82) is 0 Å². The zero-order chi connectivity index (χ0) is 10.3. The first-order valence-corrected chi connectivity index (χ1v) is 6.36. The first kappa shape index (κ1) is 9.64. The van der Waals surface area contributed by atoms with E-state index >= 15 is 0 Å². The molecule has 0 radical (unpaired) electrons. The van der Waals surface area contributed by atoms with Crippen LogP contribution >= 0.6 is 0 Å². The summed E-state index contributed by atoms with van der Waals surface area (Å²) in [6, 6.07) is 0.550. The van der Waals surface area contributed by atoms with E-state index in [1.807, 2.05) is 0 Å². The van der Waals surface area contributed by atoms with Crippen LogP contribution in [0, 0.1) is 5.92 Å². The fraction of sp³-hybridized carbons (Fsp3) is 0.917. The third-order valence-electron chi connectivity index (χ3n) is 4.31. The Hall–Kier alpha value is -0.570. The van der Waals surface area contributed by atoms with E-state index in [2.05, 4.69) is 10.6 Å². The second-order valence-electron chi connectivity index (χ2n) is 5.42. The number of rotatable bonds is 2. The molecule has 0 aromatic carbocycles. The van der Waals surface area contributed by atoms with Crippen molar-refractivity contribution in [2.45, 2.75) is 56.5 Å². The van der Waals surface area contributed by atoms with Gasteiger partial charge in [-0.2, -0.15) is 0 Å².